The first-order valence-electron chi connectivity index (χ1n) is 10.9. The molecule has 0 N–H and O–H groups in total. The molecule has 0 saturated carbocycles. The monoisotopic (exact) mass is 486 g/mol. The molecule has 148 valence electrons. The Morgan fingerprint density at radius 1 is 1.08 bits per heavy atom. The summed E-state index contributed by atoms with van der Waals surface area (Å²) in [5, 5.41) is 0.718. The standard InChI is InChI=1S/C10H12ClN2.3C4H9.Sn/c1-13-6-2-3-9(13)8-4-5-10(11)12-7-8;3*1-3-4-2;/h5,7,9H,2-3,6H2,1H3;3*1,3-4H2,2H3;/t9-;;;;/m0..../s1. The Balaban J connectivity index is 2.50. The molecule has 0 aliphatic carbocycles. The molecule has 0 aromatic carbocycles. The van der Waals surface area contributed by atoms with E-state index in [0.717, 1.165) is 5.15 Å². The van der Waals surface area contributed by atoms with E-state index in [0.29, 0.717) is 6.04 Å². The topological polar surface area (TPSA) is 16.1 Å². The van der Waals surface area contributed by atoms with Crippen molar-refractivity contribution in [3.63, 3.8) is 0 Å². The number of halogens is 1. The van der Waals surface area contributed by atoms with Crippen LogP contribution in [0.5, 0.6) is 0 Å². The summed E-state index contributed by atoms with van der Waals surface area (Å²) in [6.45, 7) is 8.26. The molecule has 26 heavy (non-hydrogen) atoms. The molecule has 0 bridgehead atoms. The third kappa shape index (κ3) is 5.61. The van der Waals surface area contributed by atoms with Gasteiger partial charge in [0.2, 0.25) is 0 Å². The molecule has 0 amide bonds. The number of pyridine rings is 1. The van der Waals surface area contributed by atoms with E-state index in [-0.39, 0.29) is 0 Å². The number of rotatable bonds is 11. The summed E-state index contributed by atoms with van der Waals surface area (Å²) in [5.41, 5.74) is 1.55. The summed E-state index contributed by atoms with van der Waals surface area (Å²) in [5.74, 6) is 0. The summed E-state index contributed by atoms with van der Waals surface area (Å²) in [4.78, 5) is 7.09. The van der Waals surface area contributed by atoms with Crippen LogP contribution in [0.2, 0.25) is 18.5 Å². The number of unbranched alkanes of at least 4 members (excludes halogenated alkanes) is 3. The van der Waals surface area contributed by atoms with Gasteiger partial charge in [0.05, 0.1) is 0 Å². The number of likely N-dealkylation sites (tertiary alicyclic amines) is 1. The first-order valence-corrected chi connectivity index (χ1v) is 18.8. The summed E-state index contributed by atoms with van der Waals surface area (Å²) in [7, 11) is 2.29. The molecule has 1 aromatic rings. The Morgan fingerprint density at radius 3 is 2.12 bits per heavy atom. The van der Waals surface area contributed by atoms with Crippen molar-refractivity contribution in [1.29, 1.82) is 0 Å². The summed E-state index contributed by atoms with van der Waals surface area (Å²) in [6, 6.07) is 2.89. The molecule has 0 unspecified atom stereocenters. The molecule has 0 spiro atoms. The summed E-state index contributed by atoms with van der Waals surface area (Å²) >= 11 is 3.98. The molecule has 2 nitrogen and oxygen atoms in total. The first-order chi connectivity index (χ1) is 12.6. The van der Waals surface area contributed by atoms with Gasteiger partial charge in [-0.2, -0.15) is 0 Å². The van der Waals surface area contributed by atoms with Crippen molar-refractivity contribution >= 4 is 33.6 Å². The van der Waals surface area contributed by atoms with Gasteiger partial charge in [0.15, 0.2) is 0 Å². The van der Waals surface area contributed by atoms with Crippen molar-refractivity contribution in [3.8, 4) is 0 Å². The van der Waals surface area contributed by atoms with Crippen molar-refractivity contribution < 1.29 is 0 Å². The zero-order chi connectivity index (χ0) is 19.0. The van der Waals surface area contributed by atoms with Crippen molar-refractivity contribution in [1.82, 2.24) is 9.88 Å². The van der Waals surface area contributed by atoms with E-state index in [1.165, 1.54) is 71.2 Å². The quantitative estimate of drug-likeness (QED) is 0.261. The van der Waals surface area contributed by atoms with Crippen LogP contribution in [0, 0.1) is 0 Å². The SMILES string of the molecule is CCC[CH2][Sn]([CH2]CCC)([CH2]CCC)[c]1cc(Cl)ncc1[C@@H]1CCCN1C. The molecule has 1 fully saturated rings. The van der Waals surface area contributed by atoms with Gasteiger partial charge in [-0.25, -0.2) is 0 Å². The average Bonchev–Trinajstić information content (AvgIpc) is 3.07. The van der Waals surface area contributed by atoms with Gasteiger partial charge >= 0.3 is 172 Å². The van der Waals surface area contributed by atoms with Gasteiger partial charge in [-0.3, -0.25) is 0 Å². The third-order valence-corrected chi connectivity index (χ3v) is 22.3. The van der Waals surface area contributed by atoms with Gasteiger partial charge in [0, 0.05) is 0 Å². The predicted molar refractivity (Wildman–Crippen MR) is 118 cm³/mol. The molecule has 1 aliphatic heterocycles. The van der Waals surface area contributed by atoms with Crippen LogP contribution in [-0.4, -0.2) is 41.9 Å². The Bertz CT molecular complexity index is 527. The second-order valence-corrected chi connectivity index (χ2v) is 21.8. The van der Waals surface area contributed by atoms with Gasteiger partial charge in [0.25, 0.3) is 0 Å². The van der Waals surface area contributed by atoms with E-state index < -0.39 is 18.4 Å². The number of nitrogens with zero attached hydrogens (tertiary/aromatic N) is 2. The van der Waals surface area contributed by atoms with Crippen LogP contribution in [0.25, 0.3) is 0 Å². The van der Waals surface area contributed by atoms with Crippen molar-refractivity contribution in [2.24, 2.45) is 0 Å². The van der Waals surface area contributed by atoms with Crippen molar-refractivity contribution in [3.05, 3.63) is 23.0 Å². The van der Waals surface area contributed by atoms with Crippen molar-refractivity contribution in [2.45, 2.75) is 91.5 Å². The van der Waals surface area contributed by atoms with Gasteiger partial charge in [-0.1, -0.05) is 0 Å². The van der Waals surface area contributed by atoms with Crippen LogP contribution in [-0.2, 0) is 0 Å². The van der Waals surface area contributed by atoms with Crippen LogP contribution in [0.15, 0.2) is 12.3 Å². The number of aromatic nitrogens is 1. The Kier molecular flexibility index (Phi) is 9.74. The second kappa shape index (κ2) is 11.3. The molecule has 0 radical (unpaired) electrons. The average molecular weight is 486 g/mol. The normalized spacial score (nSPS) is 18.6. The van der Waals surface area contributed by atoms with Crippen LogP contribution in [0.3, 0.4) is 0 Å². The minimum atomic E-state index is -2.50. The van der Waals surface area contributed by atoms with E-state index in [9.17, 15) is 0 Å². The van der Waals surface area contributed by atoms with Crippen molar-refractivity contribution in [2.75, 3.05) is 13.6 Å². The maximum atomic E-state index is 6.48. The van der Waals surface area contributed by atoms with Gasteiger partial charge in [-0.05, 0) is 0 Å². The fourth-order valence-corrected chi connectivity index (χ4v) is 22.2. The fraction of sp³-hybridized carbons (Fsp3) is 0.773. The number of hydrogen-bond donors (Lipinski definition) is 0. The molecule has 4 heteroatoms. The van der Waals surface area contributed by atoms with Crippen LogP contribution < -0.4 is 3.58 Å². The van der Waals surface area contributed by atoms with Crippen LogP contribution in [0.1, 0.15) is 83.7 Å². The van der Waals surface area contributed by atoms with E-state index in [1.807, 2.05) is 0 Å². The minimum absolute atomic E-state index is 0.565. The summed E-state index contributed by atoms with van der Waals surface area (Å²) < 4.78 is 6.21. The van der Waals surface area contributed by atoms with E-state index >= 15 is 0 Å². The second-order valence-electron chi connectivity index (χ2n) is 8.32. The van der Waals surface area contributed by atoms with Gasteiger partial charge in [-0.15, -0.1) is 0 Å². The zero-order valence-electron chi connectivity index (χ0n) is 17.5. The zero-order valence-corrected chi connectivity index (χ0v) is 21.1. The molecule has 2 rings (SSSR count). The van der Waals surface area contributed by atoms with Crippen LogP contribution in [0.4, 0.5) is 0 Å². The Hall–Kier alpha value is 0.199. The first kappa shape index (κ1) is 22.5. The molecular formula is C22H39ClN2Sn. The predicted octanol–water partition coefficient (Wildman–Crippen LogP) is 6.56. The van der Waals surface area contributed by atoms with E-state index in [1.54, 1.807) is 9.14 Å². The maximum absolute atomic E-state index is 6.48. The molecule has 1 saturated heterocycles. The van der Waals surface area contributed by atoms with E-state index in [4.69, 9.17) is 11.6 Å². The van der Waals surface area contributed by atoms with Gasteiger partial charge in [0.1, 0.15) is 0 Å². The molecule has 2 heterocycles. The summed E-state index contributed by atoms with van der Waals surface area (Å²) in [6.07, 6.45) is 12.9. The molecule has 1 aromatic heterocycles. The molecule has 1 aliphatic rings. The number of hydrogen-bond acceptors (Lipinski definition) is 2. The fourth-order valence-electron chi connectivity index (χ4n) is 4.79. The Labute approximate surface area is 171 Å². The molecule has 1 atom stereocenters. The Morgan fingerprint density at radius 2 is 1.65 bits per heavy atom. The molecular weight excluding hydrogens is 446 g/mol. The van der Waals surface area contributed by atoms with Gasteiger partial charge < -0.3 is 0 Å². The third-order valence-electron chi connectivity index (χ3n) is 6.38. The van der Waals surface area contributed by atoms with Crippen LogP contribution >= 0.6 is 11.6 Å². The van der Waals surface area contributed by atoms with E-state index in [2.05, 4.69) is 50.0 Å².